The van der Waals surface area contributed by atoms with Crippen molar-refractivity contribution in [3.8, 4) is 5.75 Å². The molecule has 0 saturated carbocycles. The number of ether oxygens (including phenoxy) is 1. The lowest BCUT2D eigenvalue weighted by Gasteiger charge is -2.17. The number of amides is 2. The Kier molecular flexibility index (Phi) is 5.26. The van der Waals surface area contributed by atoms with Crippen LogP contribution in [0.5, 0.6) is 5.75 Å². The first-order valence-electron chi connectivity index (χ1n) is 8.57. The number of halogens is 1. The molecule has 0 fully saturated rings. The molecule has 2 N–H and O–H groups in total. The zero-order valence-electron chi connectivity index (χ0n) is 15.8. The third kappa shape index (κ3) is 3.64. The Hall–Kier alpha value is -3.48. The van der Waals surface area contributed by atoms with Crippen LogP contribution in [0, 0.1) is 5.82 Å². The van der Waals surface area contributed by atoms with Crippen LogP contribution < -0.4 is 10.5 Å². The number of nitrogens with two attached hydrogens (primary N) is 1. The van der Waals surface area contributed by atoms with Gasteiger partial charge in [0, 0.05) is 31.2 Å². The average molecular weight is 381 g/mol. The summed E-state index contributed by atoms with van der Waals surface area (Å²) in [4.78, 5) is 30.4. The number of carbonyl (C=O) groups excluding carboxylic acids is 2. The Morgan fingerprint density at radius 3 is 2.36 bits per heavy atom. The van der Waals surface area contributed by atoms with Gasteiger partial charge in [-0.05, 0) is 41.8 Å². The molecular formula is C21H20FN3O3. The number of primary amides is 1. The number of hydrogen-bond donors (Lipinski definition) is 1. The quantitative estimate of drug-likeness (QED) is 0.736. The molecule has 1 heterocycles. The van der Waals surface area contributed by atoms with E-state index in [1.807, 2.05) is 0 Å². The molecule has 3 rings (SSSR count). The fourth-order valence-electron chi connectivity index (χ4n) is 3.05. The Morgan fingerprint density at radius 1 is 1.11 bits per heavy atom. The summed E-state index contributed by atoms with van der Waals surface area (Å²) in [5.41, 5.74) is 8.06. The molecule has 0 spiro atoms. The maximum atomic E-state index is 13.1. The highest BCUT2D eigenvalue weighted by Gasteiger charge is 2.22. The van der Waals surface area contributed by atoms with E-state index in [0.29, 0.717) is 17.3 Å². The maximum absolute atomic E-state index is 13.1. The lowest BCUT2D eigenvalue weighted by atomic mass is 9.98. The van der Waals surface area contributed by atoms with E-state index in [4.69, 9.17) is 10.5 Å². The van der Waals surface area contributed by atoms with Crippen molar-refractivity contribution in [3.63, 3.8) is 0 Å². The fraction of sp³-hybridized carbons (Fsp3) is 0.190. The molecule has 2 amide bonds. The van der Waals surface area contributed by atoms with E-state index in [2.05, 4.69) is 4.98 Å². The molecule has 0 unspecified atom stereocenters. The van der Waals surface area contributed by atoms with Crippen molar-refractivity contribution in [2.24, 2.45) is 5.73 Å². The van der Waals surface area contributed by atoms with Gasteiger partial charge in [0.1, 0.15) is 11.3 Å². The zero-order valence-corrected chi connectivity index (χ0v) is 15.8. The van der Waals surface area contributed by atoms with Gasteiger partial charge in [0.05, 0.1) is 12.7 Å². The molecule has 144 valence electrons. The summed E-state index contributed by atoms with van der Waals surface area (Å²) in [5, 5.41) is 0.499. The molecular weight excluding hydrogens is 361 g/mol. The number of pyridine rings is 1. The molecule has 28 heavy (non-hydrogen) atoms. The van der Waals surface area contributed by atoms with E-state index in [0.717, 1.165) is 11.1 Å². The topological polar surface area (TPSA) is 85.5 Å². The Balaban J connectivity index is 2.17. The number of carbonyl (C=O) groups is 2. The first-order valence-corrected chi connectivity index (χ1v) is 8.57. The number of fused-ring (bicyclic) bond motifs is 1. The van der Waals surface area contributed by atoms with Crippen LogP contribution in [-0.4, -0.2) is 42.9 Å². The molecule has 2 aromatic carbocycles. The molecule has 0 radical (unpaired) electrons. The van der Waals surface area contributed by atoms with Crippen LogP contribution >= 0.6 is 0 Å². The summed E-state index contributed by atoms with van der Waals surface area (Å²) in [5.74, 6) is -1.01. The summed E-state index contributed by atoms with van der Waals surface area (Å²) in [6.45, 7) is 0. The first-order chi connectivity index (χ1) is 13.3. The van der Waals surface area contributed by atoms with Gasteiger partial charge in [-0.3, -0.25) is 14.6 Å². The average Bonchev–Trinajstić information content (AvgIpc) is 2.67. The van der Waals surface area contributed by atoms with Crippen molar-refractivity contribution in [3.05, 3.63) is 70.7 Å². The van der Waals surface area contributed by atoms with Gasteiger partial charge in [-0.25, -0.2) is 4.39 Å². The number of hydrogen-bond acceptors (Lipinski definition) is 4. The lowest BCUT2D eigenvalue weighted by molar-refractivity contribution is 0.0824. The van der Waals surface area contributed by atoms with Gasteiger partial charge in [0.25, 0.3) is 5.91 Å². The molecule has 0 aliphatic rings. The second-order valence-corrected chi connectivity index (χ2v) is 6.61. The van der Waals surface area contributed by atoms with Crippen LogP contribution in [0.2, 0.25) is 0 Å². The Morgan fingerprint density at radius 2 is 1.79 bits per heavy atom. The predicted molar refractivity (Wildman–Crippen MR) is 104 cm³/mol. The van der Waals surface area contributed by atoms with Crippen molar-refractivity contribution in [2.75, 3.05) is 21.2 Å². The highest BCUT2D eigenvalue weighted by atomic mass is 19.1. The van der Waals surface area contributed by atoms with Crippen molar-refractivity contribution in [2.45, 2.75) is 6.42 Å². The van der Waals surface area contributed by atoms with E-state index >= 15 is 0 Å². The van der Waals surface area contributed by atoms with E-state index in [1.165, 1.54) is 30.2 Å². The number of benzene rings is 2. The highest BCUT2D eigenvalue weighted by Crippen LogP contribution is 2.32. The van der Waals surface area contributed by atoms with Gasteiger partial charge in [0.15, 0.2) is 5.75 Å². The van der Waals surface area contributed by atoms with Crippen LogP contribution in [0.15, 0.2) is 42.6 Å². The van der Waals surface area contributed by atoms with Gasteiger partial charge < -0.3 is 15.4 Å². The minimum absolute atomic E-state index is 0.189. The smallest absolute Gasteiger partial charge is 0.257 e. The first kappa shape index (κ1) is 19.3. The van der Waals surface area contributed by atoms with Crippen molar-refractivity contribution >= 4 is 22.7 Å². The molecule has 0 saturated heterocycles. The fourth-order valence-corrected chi connectivity index (χ4v) is 3.05. The normalized spacial score (nSPS) is 10.7. The van der Waals surface area contributed by atoms with Crippen molar-refractivity contribution in [1.29, 1.82) is 0 Å². The zero-order chi connectivity index (χ0) is 20.4. The summed E-state index contributed by atoms with van der Waals surface area (Å²) < 4.78 is 18.5. The molecule has 0 atom stereocenters. The third-order valence-corrected chi connectivity index (χ3v) is 4.41. The monoisotopic (exact) mass is 381 g/mol. The van der Waals surface area contributed by atoms with Crippen LogP contribution in [0.25, 0.3) is 10.9 Å². The van der Waals surface area contributed by atoms with Gasteiger partial charge in [-0.1, -0.05) is 12.1 Å². The van der Waals surface area contributed by atoms with E-state index in [9.17, 15) is 14.0 Å². The molecule has 1 aromatic heterocycles. The summed E-state index contributed by atoms with van der Waals surface area (Å²) in [7, 11) is 4.66. The van der Waals surface area contributed by atoms with Crippen LogP contribution in [0.4, 0.5) is 4.39 Å². The highest BCUT2D eigenvalue weighted by molar-refractivity contribution is 6.12. The van der Waals surface area contributed by atoms with E-state index < -0.39 is 5.91 Å². The van der Waals surface area contributed by atoms with E-state index in [-0.39, 0.29) is 28.6 Å². The maximum Gasteiger partial charge on any atom is 0.257 e. The van der Waals surface area contributed by atoms with E-state index in [1.54, 1.807) is 38.5 Å². The van der Waals surface area contributed by atoms with Crippen LogP contribution in [0.1, 0.15) is 31.8 Å². The van der Waals surface area contributed by atoms with Gasteiger partial charge in [-0.15, -0.1) is 0 Å². The molecule has 0 aliphatic carbocycles. The lowest BCUT2D eigenvalue weighted by Crippen LogP contribution is -2.23. The minimum Gasteiger partial charge on any atom is -0.494 e. The minimum atomic E-state index is -0.666. The van der Waals surface area contributed by atoms with Crippen LogP contribution in [0.3, 0.4) is 0 Å². The number of methoxy groups -OCH3 is 1. The summed E-state index contributed by atoms with van der Waals surface area (Å²) in [6.07, 6.45) is 2.14. The second-order valence-electron chi connectivity index (χ2n) is 6.61. The second kappa shape index (κ2) is 7.64. The molecule has 7 heteroatoms. The third-order valence-electron chi connectivity index (χ3n) is 4.41. The number of aromatic nitrogens is 1. The molecule has 6 nitrogen and oxygen atoms in total. The predicted octanol–water partition coefficient (Wildman–Crippen LogP) is 2.77. The molecule has 3 aromatic rings. The summed E-state index contributed by atoms with van der Waals surface area (Å²) >= 11 is 0. The van der Waals surface area contributed by atoms with Crippen molar-refractivity contribution < 1.29 is 18.7 Å². The Bertz CT molecular complexity index is 1060. The molecule has 0 aliphatic heterocycles. The molecule has 0 bridgehead atoms. The largest absolute Gasteiger partial charge is 0.494 e. The summed E-state index contributed by atoms with van der Waals surface area (Å²) in [6, 6.07) is 9.39. The Labute approximate surface area is 161 Å². The van der Waals surface area contributed by atoms with Gasteiger partial charge in [0.2, 0.25) is 5.91 Å². The van der Waals surface area contributed by atoms with Crippen LogP contribution in [-0.2, 0) is 6.42 Å². The number of nitrogens with zero attached hydrogens (tertiary/aromatic N) is 2. The standard InChI is InChI=1S/C21H20FN3O3/c1-25(2)21(27)17-10-16(20(23)26)15-9-13(11-24-18(15)19(17)28-3)8-12-4-6-14(22)7-5-12/h4-7,9-11H,8H2,1-3H3,(H2,23,26). The number of rotatable bonds is 5. The SMILES string of the molecule is COc1c(C(=O)N(C)C)cc(C(N)=O)c2cc(Cc3ccc(F)cc3)cnc12. The van der Waals surface area contributed by atoms with Gasteiger partial charge >= 0.3 is 0 Å². The van der Waals surface area contributed by atoms with Gasteiger partial charge in [-0.2, -0.15) is 0 Å². The van der Waals surface area contributed by atoms with Crippen molar-refractivity contribution in [1.82, 2.24) is 9.88 Å².